The highest BCUT2D eigenvalue weighted by Crippen LogP contribution is 2.31. The topological polar surface area (TPSA) is 25.2 Å². The van der Waals surface area contributed by atoms with Gasteiger partial charge in [0, 0.05) is 10.0 Å². The van der Waals surface area contributed by atoms with Gasteiger partial charge in [-0.15, -0.1) is 0 Å². The van der Waals surface area contributed by atoms with E-state index < -0.39 is 0 Å². The standard InChI is InChI=1S/C16H19BrClNO/c1-2-3-4-9-19-11-13-6-8-16(20-13)14-7-5-12(17)10-15(14)18/h5-8,10,19H,2-4,9,11H2,1H3. The monoisotopic (exact) mass is 355 g/mol. The zero-order valence-corrected chi connectivity index (χ0v) is 13.9. The van der Waals surface area contributed by atoms with E-state index in [1.54, 1.807) is 0 Å². The predicted octanol–water partition coefficient (Wildman–Crippen LogP) is 5.64. The van der Waals surface area contributed by atoms with Crippen LogP contribution in [0.5, 0.6) is 0 Å². The van der Waals surface area contributed by atoms with Crippen molar-refractivity contribution in [3.05, 3.63) is 45.6 Å². The molecule has 2 aromatic rings. The molecule has 0 aliphatic rings. The van der Waals surface area contributed by atoms with Gasteiger partial charge in [-0.3, -0.25) is 0 Å². The lowest BCUT2D eigenvalue weighted by molar-refractivity contribution is 0.488. The van der Waals surface area contributed by atoms with Crippen LogP contribution in [-0.4, -0.2) is 6.54 Å². The summed E-state index contributed by atoms with van der Waals surface area (Å²) in [6, 6.07) is 9.77. The average molecular weight is 357 g/mol. The molecule has 2 nitrogen and oxygen atoms in total. The number of hydrogen-bond acceptors (Lipinski definition) is 2. The number of furan rings is 1. The number of benzene rings is 1. The second-order valence-electron chi connectivity index (χ2n) is 4.77. The molecule has 1 aromatic heterocycles. The maximum Gasteiger partial charge on any atom is 0.135 e. The normalized spacial score (nSPS) is 10.9. The Hall–Kier alpha value is -0.770. The molecule has 0 radical (unpaired) electrons. The van der Waals surface area contributed by atoms with E-state index in [9.17, 15) is 0 Å². The summed E-state index contributed by atoms with van der Waals surface area (Å²) >= 11 is 9.63. The lowest BCUT2D eigenvalue weighted by atomic mass is 10.2. The number of nitrogens with one attached hydrogen (secondary N) is 1. The van der Waals surface area contributed by atoms with Crippen LogP contribution in [-0.2, 0) is 6.54 Å². The van der Waals surface area contributed by atoms with E-state index in [0.717, 1.165) is 34.6 Å². The maximum absolute atomic E-state index is 6.23. The van der Waals surface area contributed by atoms with Crippen LogP contribution in [0.4, 0.5) is 0 Å². The third-order valence-electron chi connectivity index (χ3n) is 3.11. The Morgan fingerprint density at radius 2 is 2.05 bits per heavy atom. The number of halogens is 2. The number of rotatable bonds is 7. The summed E-state index contributed by atoms with van der Waals surface area (Å²) in [5, 5.41) is 4.08. The van der Waals surface area contributed by atoms with Crippen LogP contribution in [0, 0.1) is 0 Å². The summed E-state index contributed by atoms with van der Waals surface area (Å²) < 4.78 is 6.80. The van der Waals surface area contributed by atoms with Gasteiger partial charge >= 0.3 is 0 Å². The molecule has 1 heterocycles. The molecule has 1 aromatic carbocycles. The zero-order valence-electron chi connectivity index (χ0n) is 11.6. The molecule has 2 rings (SSSR count). The van der Waals surface area contributed by atoms with Gasteiger partial charge in [0.25, 0.3) is 0 Å². The van der Waals surface area contributed by atoms with E-state index in [-0.39, 0.29) is 0 Å². The fourth-order valence-corrected chi connectivity index (χ4v) is 2.79. The highest BCUT2D eigenvalue weighted by molar-refractivity contribution is 9.10. The van der Waals surface area contributed by atoms with Crippen LogP contribution in [0.3, 0.4) is 0 Å². The van der Waals surface area contributed by atoms with Gasteiger partial charge in [-0.05, 0) is 43.3 Å². The highest BCUT2D eigenvalue weighted by atomic mass is 79.9. The van der Waals surface area contributed by atoms with Gasteiger partial charge in [-0.1, -0.05) is 47.3 Å². The molecule has 4 heteroatoms. The summed E-state index contributed by atoms with van der Waals surface area (Å²) in [5.74, 6) is 1.75. The summed E-state index contributed by atoms with van der Waals surface area (Å²) in [7, 11) is 0. The molecule has 0 atom stereocenters. The molecular weight excluding hydrogens is 338 g/mol. The fraction of sp³-hybridized carbons (Fsp3) is 0.375. The lowest BCUT2D eigenvalue weighted by Gasteiger charge is -2.03. The van der Waals surface area contributed by atoms with E-state index >= 15 is 0 Å². The molecule has 0 saturated heterocycles. The summed E-state index contributed by atoms with van der Waals surface area (Å²) in [5.41, 5.74) is 0.923. The third-order valence-corrected chi connectivity index (χ3v) is 3.92. The minimum Gasteiger partial charge on any atom is -0.460 e. The van der Waals surface area contributed by atoms with Crippen LogP contribution in [0.15, 0.2) is 39.2 Å². The molecule has 0 spiro atoms. The second-order valence-corrected chi connectivity index (χ2v) is 6.10. The van der Waals surface area contributed by atoms with E-state index in [2.05, 4.69) is 28.2 Å². The predicted molar refractivity (Wildman–Crippen MR) is 88.1 cm³/mol. The average Bonchev–Trinajstić information content (AvgIpc) is 2.87. The van der Waals surface area contributed by atoms with Crippen molar-refractivity contribution in [2.75, 3.05) is 6.54 Å². The zero-order chi connectivity index (χ0) is 14.4. The van der Waals surface area contributed by atoms with Crippen molar-refractivity contribution in [3.63, 3.8) is 0 Å². The van der Waals surface area contributed by atoms with Crippen molar-refractivity contribution in [2.24, 2.45) is 0 Å². The van der Waals surface area contributed by atoms with Gasteiger partial charge < -0.3 is 9.73 Å². The quantitative estimate of drug-likeness (QED) is 0.649. The molecule has 0 bridgehead atoms. The van der Waals surface area contributed by atoms with Crippen molar-refractivity contribution in [1.82, 2.24) is 5.32 Å². The molecule has 0 saturated carbocycles. The van der Waals surface area contributed by atoms with Crippen LogP contribution in [0.1, 0.15) is 31.9 Å². The van der Waals surface area contributed by atoms with E-state index in [1.807, 2.05) is 30.3 Å². The van der Waals surface area contributed by atoms with Gasteiger partial charge in [0.2, 0.25) is 0 Å². The molecule has 20 heavy (non-hydrogen) atoms. The first-order valence-corrected chi connectivity index (χ1v) is 8.12. The Morgan fingerprint density at radius 3 is 2.80 bits per heavy atom. The van der Waals surface area contributed by atoms with Crippen LogP contribution in [0.25, 0.3) is 11.3 Å². The molecule has 0 amide bonds. The van der Waals surface area contributed by atoms with Crippen molar-refractivity contribution in [2.45, 2.75) is 32.7 Å². The van der Waals surface area contributed by atoms with Gasteiger partial charge in [-0.25, -0.2) is 0 Å². The molecule has 0 aliphatic heterocycles. The summed E-state index contributed by atoms with van der Waals surface area (Å²) in [6.45, 7) is 4.00. The van der Waals surface area contributed by atoms with Crippen molar-refractivity contribution >= 4 is 27.5 Å². The van der Waals surface area contributed by atoms with Gasteiger partial charge in [0.15, 0.2) is 0 Å². The van der Waals surface area contributed by atoms with Crippen LogP contribution in [0.2, 0.25) is 5.02 Å². The smallest absolute Gasteiger partial charge is 0.135 e. The first kappa shape index (κ1) is 15.6. The second kappa shape index (κ2) is 7.87. The van der Waals surface area contributed by atoms with Gasteiger partial charge in [0.05, 0.1) is 11.6 Å². The van der Waals surface area contributed by atoms with Crippen molar-refractivity contribution in [1.29, 1.82) is 0 Å². The largest absolute Gasteiger partial charge is 0.460 e. The Bertz CT molecular complexity index is 553. The molecular formula is C16H19BrClNO. The number of hydrogen-bond donors (Lipinski definition) is 1. The maximum atomic E-state index is 6.23. The molecule has 0 unspecified atom stereocenters. The number of unbranched alkanes of at least 4 members (excludes halogenated alkanes) is 2. The molecule has 0 aliphatic carbocycles. The van der Waals surface area contributed by atoms with Gasteiger partial charge in [0.1, 0.15) is 11.5 Å². The summed E-state index contributed by atoms with van der Waals surface area (Å²) in [6.07, 6.45) is 3.72. The minimum atomic E-state index is 0.691. The van der Waals surface area contributed by atoms with Crippen LogP contribution < -0.4 is 5.32 Å². The molecule has 108 valence electrons. The Balaban J connectivity index is 1.95. The van der Waals surface area contributed by atoms with E-state index in [1.165, 1.54) is 19.3 Å². The SMILES string of the molecule is CCCCCNCc1ccc(-c2ccc(Br)cc2Cl)o1. The Kier molecular flexibility index (Phi) is 6.14. The van der Waals surface area contributed by atoms with Crippen molar-refractivity contribution < 1.29 is 4.42 Å². The first-order valence-electron chi connectivity index (χ1n) is 6.95. The fourth-order valence-electron chi connectivity index (χ4n) is 2.02. The third kappa shape index (κ3) is 4.37. The molecule has 1 N–H and O–H groups in total. The van der Waals surface area contributed by atoms with Crippen molar-refractivity contribution in [3.8, 4) is 11.3 Å². The van der Waals surface area contributed by atoms with E-state index in [0.29, 0.717) is 5.02 Å². The Labute approximate surface area is 133 Å². The Morgan fingerprint density at radius 1 is 1.20 bits per heavy atom. The summed E-state index contributed by atoms with van der Waals surface area (Å²) in [4.78, 5) is 0. The van der Waals surface area contributed by atoms with Gasteiger partial charge in [-0.2, -0.15) is 0 Å². The first-order chi connectivity index (χ1) is 9.70. The lowest BCUT2D eigenvalue weighted by Crippen LogP contribution is -2.13. The highest BCUT2D eigenvalue weighted by Gasteiger charge is 2.08. The van der Waals surface area contributed by atoms with Crippen LogP contribution >= 0.6 is 27.5 Å². The minimum absolute atomic E-state index is 0.691. The van der Waals surface area contributed by atoms with E-state index in [4.69, 9.17) is 16.0 Å². The molecule has 0 fully saturated rings.